The smallest absolute Gasteiger partial charge is 0.0604 e. The van der Waals surface area contributed by atoms with E-state index in [1.807, 2.05) is 24.3 Å². The number of rotatable bonds is 7. The molecule has 1 aliphatic rings. The first kappa shape index (κ1) is 37.6. The summed E-state index contributed by atoms with van der Waals surface area (Å²) in [5.74, 6) is 9.95. The van der Waals surface area contributed by atoms with Crippen molar-refractivity contribution in [1.82, 2.24) is 0 Å². The molecule has 2 unspecified atom stereocenters. The van der Waals surface area contributed by atoms with E-state index in [0.29, 0.717) is 31.9 Å². The van der Waals surface area contributed by atoms with Crippen LogP contribution in [0.3, 0.4) is 0 Å². The van der Waals surface area contributed by atoms with Gasteiger partial charge in [-0.3, -0.25) is 0 Å². The van der Waals surface area contributed by atoms with Crippen LogP contribution in [-0.4, -0.2) is 0 Å². The van der Waals surface area contributed by atoms with Crippen molar-refractivity contribution >= 4 is 64.1 Å². The van der Waals surface area contributed by atoms with Crippen LogP contribution in [-0.2, 0) is 0 Å². The van der Waals surface area contributed by atoms with Gasteiger partial charge in [0.2, 0.25) is 0 Å². The molecule has 0 aromatic heterocycles. The van der Waals surface area contributed by atoms with Crippen LogP contribution in [0, 0.1) is 42.4 Å². The lowest BCUT2D eigenvalue weighted by molar-refractivity contribution is 0.532. The van der Waals surface area contributed by atoms with Gasteiger partial charge in [-0.15, -0.1) is 0 Å². The maximum atomic E-state index is 6.14. The molecule has 0 heterocycles. The first-order valence-electron chi connectivity index (χ1n) is 15.1. The Bertz CT molecular complexity index is 1390. The maximum absolute atomic E-state index is 6.14. The number of allylic oxidation sites excluding steroid dienone is 1. The minimum absolute atomic E-state index is 0.558. The van der Waals surface area contributed by atoms with Gasteiger partial charge in [-0.05, 0) is 109 Å². The van der Waals surface area contributed by atoms with Crippen molar-refractivity contribution in [2.24, 2.45) is 23.7 Å². The summed E-state index contributed by atoms with van der Waals surface area (Å²) in [4.78, 5) is 0. The summed E-state index contributed by atoms with van der Waals surface area (Å²) in [6, 6.07) is 17.6. The summed E-state index contributed by atoms with van der Waals surface area (Å²) in [6.07, 6.45) is 8.93. The van der Waals surface area contributed by atoms with E-state index in [1.165, 1.54) is 24.0 Å². The lowest BCUT2D eigenvalue weighted by atomic mass is 10.0. The molecule has 43 heavy (non-hydrogen) atoms. The number of halogens is 5. The van der Waals surface area contributed by atoms with Gasteiger partial charge < -0.3 is 0 Å². The largest absolute Gasteiger partial charge is 0.0976 e. The third kappa shape index (κ3) is 14.8. The summed E-state index contributed by atoms with van der Waals surface area (Å²) in [6.45, 7) is 15.3. The molecule has 1 fully saturated rings. The molecule has 0 bridgehead atoms. The third-order valence-corrected chi connectivity index (χ3v) is 8.73. The number of hydrogen-bond donors (Lipinski definition) is 0. The highest BCUT2D eigenvalue weighted by atomic mass is 35.5. The van der Waals surface area contributed by atoms with Crippen molar-refractivity contribution in [3.63, 3.8) is 0 Å². The molecule has 232 valence electrons. The van der Waals surface area contributed by atoms with Crippen molar-refractivity contribution in [3.8, 4) is 11.8 Å². The van der Waals surface area contributed by atoms with Crippen LogP contribution in [0.2, 0.25) is 25.1 Å². The van der Waals surface area contributed by atoms with Gasteiger partial charge >= 0.3 is 0 Å². The second-order valence-corrected chi connectivity index (χ2v) is 14.5. The Morgan fingerprint density at radius 1 is 0.721 bits per heavy atom. The fourth-order valence-corrected chi connectivity index (χ4v) is 5.18. The summed E-state index contributed by atoms with van der Waals surface area (Å²) in [5.41, 5.74) is 4.64. The van der Waals surface area contributed by atoms with E-state index in [4.69, 9.17) is 58.0 Å². The average molecular weight is 679 g/mol. The highest BCUT2D eigenvalue weighted by molar-refractivity contribution is 6.42. The molecule has 1 aliphatic carbocycles. The van der Waals surface area contributed by atoms with E-state index in [1.54, 1.807) is 12.1 Å². The Labute approximate surface area is 286 Å². The molecule has 2 atom stereocenters. The minimum Gasteiger partial charge on any atom is -0.0976 e. The van der Waals surface area contributed by atoms with E-state index in [9.17, 15) is 0 Å². The van der Waals surface area contributed by atoms with Gasteiger partial charge in [-0.2, -0.15) is 0 Å². The molecule has 3 aromatic rings. The molecule has 0 nitrogen and oxygen atoms in total. The molecular weight excluding hydrogens is 634 g/mol. The Hall–Kier alpha value is -1.59. The number of benzene rings is 3. The molecule has 0 saturated heterocycles. The fraction of sp³-hybridized carbons (Fsp3) is 0.421. The monoisotopic (exact) mass is 676 g/mol. The molecule has 0 radical (unpaired) electrons. The predicted molar refractivity (Wildman–Crippen MR) is 194 cm³/mol. The molecule has 5 heteroatoms. The first-order valence-corrected chi connectivity index (χ1v) is 17.0. The van der Waals surface area contributed by atoms with Gasteiger partial charge in [0, 0.05) is 17.0 Å². The summed E-state index contributed by atoms with van der Waals surface area (Å²) < 4.78 is 0. The Kier molecular flexibility index (Phi) is 16.6. The van der Waals surface area contributed by atoms with Crippen LogP contribution >= 0.6 is 58.0 Å². The molecule has 0 N–H and O–H groups in total. The van der Waals surface area contributed by atoms with Gasteiger partial charge in [0.1, 0.15) is 0 Å². The topological polar surface area (TPSA) is 0 Å². The Morgan fingerprint density at radius 3 is 1.93 bits per heavy atom. The minimum atomic E-state index is 0.558. The van der Waals surface area contributed by atoms with Gasteiger partial charge in [-0.1, -0.05) is 142 Å². The van der Waals surface area contributed by atoms with Crippen LogP contribution in [0.1, 0.15) is 95.4 Å². The van der Waals surface area contributed by atoms with Crippen molar-refractivity contribution < 1.29 is 0 Å². The highest BCUT2D eigenvalue weighted by Gasteiger charge is 2.38. The molecule has 1 saturated carbocycles. The highest BCUT2D eigenvalue weighted by Crippen LogP contribution is 2.51. The molecule has 0 aliphatic heterocycles. The molecular formula is C38H45Cl5. The van der Waals surface area contributed by atoms with Crippen LogP contribution in [0.15, 0.2) is 60.7 Å². The Balaban J connectivity index is 0.000000225. The lowest BCUT2D eigenvalue weighted by Crippen LogP contribution is -1.91. The average Bonchev–Trinajstić information content (AvgIpc) is 3.68. The van der Waals surface area contributed by atoms with Gasteiger partial charge in [0.15, 0.2) is 0 Å². The van der Waals surface area contributed by atoms with Gasteiger partial charge in [0.25, 0.3) is 0 Å². The van der Waals surface area contributed by atoms with Gasteiger partial charge in [0.05, 0.1) is 20.1 Å². The summed E-state index contributed by atoms with van der Waals surface area (Å²) in [7, 11) is 0. The van der Waals surface area contributed by atoms with Crippen LogP contribution in [0.4, 0.5) is 0 Å². The van der Waals surface area contributed by atoms with E-state index in [2.05, 4.69) is 90.7 Å². The summed E-state index contributed by atoms with van der Waals surface area (Å²) >= 11 is 29.5. The Morgan fingerprint density at radius 2 is 1.37 bits per heavy atom. The van der Waals surface area contributed by atoms with Crippen molar-refractivity contribution in [2.45, 2.75) is 80.1 Å². The van der Waals surface area contributed by atoms with E-state index < -0.39 is 0 Å². The zero-order chi connectivity index (χ0) is 32.1. The number of hydrogen-bond acceptors (Lipinski definition) is 0. The summed E-state index contributed by atoms with van der Waals surface area (Å²) in [5, 5.41) is 3.26. The van der Waals surface area contributed by atoms with E-state index in [-0.39, 0.29) is 0 Å². The second kappa shape index (κ2) is 19.0. The molecule has 0 spiro atoms. The molecule has 3 aromatic carbocycles. The first-order chi connectivity index (χ1) is 20.3. The predicted octanol–water partition coefficient (Wildman–Crippen LogP) is 14.2. The zero-order valence-corrected chi connectivity index (χ0v) is 30.2. The fourth-order valence-electron chi connectivity index (χ4n) is 4.39. The SMILES string of the molecule is CC(C)C/C=C/c1ccc(Cl)c(Cl)c1.CC(C)CC#Cc1ccc(Cl)c(Cl)c1.Cc1ccc(C2CC2CC(C)C)cc1Cl. The van der Waals surface area contributed by atoms with E-state index in [0.717, 1.165) is 46.7 Å². The molecule has 4 rings (SSSR count). The van der Waals surface area contributed by atoms with E-state index >= 15 is 0 Å². The third-order valence-electron chi connectivity index (χ3n) is 6.84. The van der Waals surface area contributed by atoms with Crippen LogP contribution < -0.4 is 0 Å². The lowest BCUT2D eigenvalue weighted by Gasteiger charge is -2.05. The number of aryl methyl sites for hydroxylation is 1. The normalized spacial score (nSPS) is 15.5. The second-order valence-electron chi connectivity index (χ2n) is 12.5. The maximum Gasteiger partial charge on any atom is 0.0604 e. The van der Waals surface area contributed by atoms with Crippen LogP contribution in [0.5, 0.6) is 0 Å². The van der Waals surface area contributed by atoms with Crippen molar-refractivity contribution in [1.29, 1.82) is 0 Å². The standard InChI is InChI=1S/C14H19Cl.C12H14Cl2.C12H12Cl2/c1-9(2)6-12-7-13(12)11-5-4-10(3)14(15)8-11;2*1-9(2)4-3-5-10-6-7-11(13)12(14)8-10/h4-5,8-9,12-13H,6-7H2,1-3H3;3,5-9H,4H2,1-2H3;6-9H,4H2,1-2H3/b;5-3+;. The van der Waals surface area contributed by atoms with Crippen molar-refractivity contribution in [2.75, 3.05) is 0 Å². The molecule has 0 amide bonds. The van der Waals surface area contributed by atoms with Gasteiger partial charge in [-0.25, -0.2) is 0 Å². The van der Waals surface area contributed by atoms with Crippen molar-refractivity contribution in [3.05, 3.63) is 108 Å². The van der Waals surface area contributed by atoms with Crippen LogP contribution in [0.25, 0.3) is 6.08 Å². The quantitative estimate of drug-likeness (QED) is 0.218. The zero-order valence-electron chi connectivity index (χ0n) is 26.5.